The van der Waals surface area contributed by atoms with Gasteiger partial charge in [-0.1, -0.05) is 63.1 Å². The van der Waals surface area contributed by atoms with Crippen molar-refractivity contribution in [3.63, 3.8) is 0 Å². The molecule has 21 heavy (non-hydrogen) atoms. The van der Waals surface area contributed by atoms with E-state index in [0.717, 1.165) is 18.5 Å². The standard InChI is InChI=1S/C18H29NO2/c1-3-5-6-7-15-8-10-16(11-9-15)12-13-18(21)17(14-20)19-4-2/h8-13,17-21H,3-7,14H2,1-2H3/b13-12+/t17-,18+/m1/s1. The number of hydrogen-bond acceptors (Lipinski definition) is 3. The van der Waals surface area contributed by atoms with Gasteiger partial charge >= 0.3 is 0 Å². The Kier molecular flexibility index (Phi) is 8.99. The van der Waals surface area contributed by atoms with Crippen molar-refractivity contribution in [1.29, 1.82) is 0 Å². The van der Waals surface area contributed by atoms with Crippen LogP contribution in [-0.4, -0.2) is 35.5 Å². The van der Waals surface area contributed by atoms with Crippen LogP contribution in [0, 0.1) is 0 Å². The lowest BCUT2D eigenvalue weighted by Gasteiger charge is -2.18. The number of rotatable bonds is 10. The van der Waals surface area contributed by atoms with E-state index in [1.807, 2.05) is 13.0 Å². The van der Waals surface area contributed by atoms with Crippen LogP contribution in [0.25, 0.3) is 6.08 Å². The molecule has 1 aromatic carbocycles. The molecule has 3 N–H and O–H groups in total. The Balaban J connectivity index is 2.52. The fraction of sp³-hybridized carbons (Fsp3) is 0.556. The summed E-state index contributed by atoms with van der Waals surface area (Å²) in [5.41, 5.74) is 2.43. The molecular formula is C18H29NO2. The summed E-state index contributed by atoms with van der Waals surface area (Å²) in [6.45, 7) is 4.82. The van der Waals surface area contributed by atoms with E-state index < -0.39 is 6.10 Å². The van der Waals surface area contributed by atoms with E-state index in [4.69, 9.17) is 0 Å². The highest BCUT2D eigenvalue weighted by molar-refractivity contribution is 5.50. The molecule has 0 heterocycles. The quantitative estimate of drug-likeness (QED) is 0.581. The molecule has 0 fully saturated rings. The highest BCUT2D eigenvalue weighted by Gasteiger charge is 2.13. The smallest absolute Gasteiger partial charge is 0.0899 e. The van der Waals surface area contributed by atoms with Crippen LogP contribution in [0.3, 0.4) is 0 Å². The van der Waals surface area contributed by atoms with Crippen LogP contribution in [0.2, 0.25) is 0 Å². The molecule has 0 saturated heterocycles. The minimum Gasteiger partial charge on any atom is -0.395 e. The van der Waals surface area contributed by atoms with Crippen molar-refractivity contribution in [3.8, 4) is 0 Å². The zero-order valence-electron chi connectivity index (χ0n) is 13.3. The summed E-state index contributed by atoms with van der Waals surface area (Å²) in [5, 5.41) is 22.3. The van der Waals surface area contributed by atoms with Crippen LogP contribution in [0.15, 0.2) is 30.3 Å². The Hall–Kier alpha value is -1.16. The van der Waals surface area contributed by atoms with Gasteiger partial charge in [-0.3, -0.25) is 0 Å². The van der Waals surface area contributed by atoms with Gasteiger partial charge in [0.2, 0.25) is 0 Å². The van der Waals surface area contributed by atoms with Crippen LogP contribution in [0.5, 0.6) is 0 Å². The van der Waals surface area contributed by atoms with Gasteiger partial charge in [0.15, 0.2) is 0 Å². The van der Waals surface area contributed by atoms with Gasteiger partial charge in [-0.25, -0.2) is 0 Å². The Morgan fingerprint density at radius 2 is 1.86 bits per heavy atom. The summed E-state index contributed by atoms with van der Waals surface area (Å²) in [4.78, 5) is 0. The lowest BCUT2D eigenvalue weighted by molar-refractivity contribution is 0.125. The summed E-state index contributed by atoms with van der Waals surface area (Å²) < 4.78 is 0. The molecule has 0 spiro atoms. The molecule has 0 saturated carbocycles. The number of aliphatic hydroxyl groups excluding tert-OH is 2. The molecule has 118 valence electrons. The van der Waals surface area contributed by atoms with Gasteiger partial charge < -0.3 is 15.5 Å². The van der Waals surface area contributed by atoms with Crippen molar-refractivity contribution in [3.05, 3.63) is 41.5 Å². The molecule has 0 radical (unpaired) electrons. The molecule has 0 aromatic heterocycles. The van der Waals surface area contributed by atoms with Crippen molar-refractivity contribution in [2.45, 2.75) is 51.7 Å². The fourth-order valence-electron chi connectivity index (χ4n) is 2.27. The molecule has 1 rings (SSSR count). The molecule has 2 atom stereocenters. The first-order chi connectivity index (χ1) is 10.2. The van der Waals surface area contributed by atoms with Crippen LogP contribution in [-0.2, 0) is 6.42 Å². The predicted molar refractivity (Wildman–Crippen MR) is 89.3 cm³/mol. The largest absolute Gasteiger partial charge is 0.395 e. The predicted octanol–water partition coefficient (Wildman–Crippen LogP) is 2.76. The first kappa shape index (κ1) is 17.9. The zero-order valence-corrected chi connectivity index (χ0v) is 13.3. The molecule has 0 bridgehead atoms. The van der Waals surface area contributed by atoms with Crippen LogP contribution in [0.1, 0.15) is 44.2 Å². The monoisotopic (exact) mass is 291 g/mol. The van der Waals surface area contributed by atoms with Gasteiger partial charge in [-0.05, 0) is 30.5 Å². The number of benzene rings is 1. The molecule has 3 heteroatoms. The third-order valence-corrected chi connectivity index (χ3v) is 3.61. The van der Waals surface area contributed by atoms with Crippen molar-refractivity contribution in [2.24, 2.45) is 0 Å². The van der Waals surface area contributed by atoms with Crippen LogP contribution in [0.4, 0.5) is 0 Å². The van der Waals surface area contributed by atoms with Crippen molar-refractivity contribution >= 4 is 6.08 Å². The van der Waals surface area contributed by atoms with Crippen molar-refractivity contribution in [2.75, 3.05) is 13.2 Å². The lowest BCUT2D eigenvalue weighted by atomic mass is 10.0. The van der Waals surface area contributed by atoms with Gasteiger partial charge in [0.05, 0.1) is 18.8 Å². The molecule has 1 aromatic rings. The molecule has 0 amide bonds. The Morgan fingerprint density at radius 1 is 1.14 bits per heavy atom. The number of aliphatic hydroxyl groups is 2. The first-order valence-electron chi connectivity index (χ1n) is 8.00. The van der Waals surface area contributed by atoms with E-state index in [0.29, 0.717) is 0 Å². The van der Waals surface area contributed by atoms with E-state index in [1.54, 1.807) is 6.08 Å². The van der Waals surface area contributed by atoms with Crippen LogP contribution >= 0.6 is 0 Å². The second kappa shape index (κ2) is 10.6. The van der Waals surface area contributed by atoms with Gasteiger partial charge in [0.25, 0.3) is 0 Å². The zero-order chi connectivity index (χ0) is 15.5. The molecule has 0 aliphatic rings. The van der Waals surface area contributed by atoms with E-state index in [9.17, 15) is 10.2 Å². The van der Waals surface area contributed by atoms with Gasteiger partial charge in [-0.15, -0.1) is 0 Å². The maximum atomic E-state index is 9.99. The summed E-state index contributed by atoms with van der Waals surface area (Å²) in [6, 6.07) is 8.14. The highest BCUT2D eigenvalue weighted by Crippen LogP contribution is 2.10. The lowest BCUT2D eigenvalue weighted by Crippen LogP contribution is -2.41. The summed E-state index contributed by atoms with van der Waals surface area (Å²) in [7, 11) is 0. The SMILES string of the molecule is CCCCCc1ccc(/C=C/[C@H](O)[C@@H](CO)NCC)cc1. The minimum atomic E-state index is -0.681. The first-order valence-corrected chi connectivity index (χ1v) is 8.00. The number of unbranched alkanes of at least 4 members (excludes halogenated alkanes) is 2. The van der Waals surface area contributed by atoms with E-state index >= 15 is 0 Å². The van der Waals surface area contributed by atoms with Crippen molar-refractivity contribution in [1.82, 2.24) is 5.32 Å². The van der Waals surface area contributed by atoms with E-state index in [-0.39, 0.29) is 12.6 Å². The van der Waals surface area contributed by atoms with Crippen molar-refractivity contribution < 1.29 is 10.2 Å². The second-order valence-electron chi connectivity index (χ2n) is 5.40. The minimum absolute atomic E-state index is 0.0737. The molecular weight excluding hydrogens is 262 g/mol. The van der Waals surface area contributed by atoms with Crippen LogP contribution < -0.4 is 5.32 Å². The summed E-state index contributed by atoms with van der Waals surface area (Å²) in [5.74, 6) is 0. The Bertz CT molecular complexity index is 400. The Labute approximate surface area is 128 Å². The fourth-order valence-corrected chi connectivity index (χ4v) is 2.27. The number of nitrogens with one attached hydrogen (secondary N) is 1. The average Bonchev–Trinajstić information content (AvgIpc) is 2.51. The number of likely N-dealkylation sites (N-methyl/N-ethyl adjacent to an activating group) is 1. The normalized spacial score (nSPS) is 14.5. The Morgan fingerprint density at radius 3 is 2.43 bits per heavy atom. The van der Waals surface area contributed by atoms with Gasteiger partial charge in [0.1, 0.15) is 0 Å². The molecule has 0 unspecified atom stereocenters. The highest BCUT2D eigenvalue weighted by atomic mass is 16.3. The molecule has 0 aliphatic carbocycles. The maximum absolute atomic E-state index is 9.99. The topological polar surface area (TPSA) is 52.5 Å². The third-order valence-electron chi connectivity index (χ3n) is 3.61. The van der Waals surface area contributed by atoms with Gasteiger partial charge in [0, 0.05) is 0 Å². The van der Waals surface area contributed by atoms with E-state index in [1.165, 1.54) is 24.8 Å². The second-order valence-corrected chi connectivity index (χ2v) is 5.40. The van der Waals surface area contributed by atoms with E-state index in [2.05, 4.69) is 36.5 Å². The average molecular weight is 291 g/mol. The molecule has 3 nitrogen and oxygen atoms in total. The number of hydrogen-bond donors (Lipinski definition) is 3. The van der Waals surface area contributed by atoms with Gasteiger partial charge in [-0.2, -0.15) is 0 Å². The summed E-state index contributed by atoms with van der Waals surface area (Å²) >= 11 is 0. The third kappa shape index (κ3) is 6.89. The molecule has 0 aliphatic heterocycles. The maximum Gasteiger partial charge on any atom is 0.0899 e. The number of aryl methyl sites for hydroxylation is 1. The summed E-state index contributed by atoms with van der Waals surface area (Å²) in [6.07, 6.45) is 7.85.